The van der Waals surface area contributed by atoms with Crippen molar-refractivity contribution in [2.24, 2.45) is 0 Å². The first-order valence-electron chi connectivity index (χ1n) is 17.4. The molecule has 0 spiro atoms. The summed E-state index contributed by atoms with van der Waals surface area (Å²) in [7, 11) is 0. The summed E-state index contributed by atoms with van der Waals surface area (Å²) in [5.41, 5.74) is 8.90. The average molecular weight is 650 g/mol. The van der Waals surface area contributed by atoms with E-state index in [1.165, 1.54) is 54.6 Å². The molecule has 2 heteroatoms. The fourth-order valence-corrected chi connectivity index (χ4v) is 8.01. The van der Waals surface area contributed by atoms with Crippen LogP contribution in [0.5, 0.6) is 0 Å². The number of pyridine rings is 1. The molecule has 51 heavy (non-hydrogen) atoms. The largest absolute Gasteiger partial charge is 0.276 e. The van der Waals surface area contributed by atoms with Crippen molar-refractivity contribution in [1.82, 2.24) is 4.57 Å². The van der Waals surface area contributed by atoms with E-state index in [1.54, 1.807) is 0 Å². The maximum atomic E-state index is 13.8. The molecule has 1 aromatic heterocycles. The van der Waals surface area contributed by atoms with Crippen LogP contribution in [-0.4, -0.2) is 4.57 Å². The Kier molecular flexibility index (Phi) is 6.68. The smallest absolute Gasteiger partial charge is 0.263 e. The van der Waals surface area contributed by atoms with Crippen LogP contribution in [0.3, 0.4) is 0 Å². The Hall–Kier alpha value is -6.77. The van der Waals surface area contributed by atoms with E-state index in [-0.39, 0.29) is 5.56 Å². The minimum atomic E-state index is -0.00668. The van der Waals surface area contributed by atoms with Gasteiger partial charge in [0.2, 0.25) is 0 Å². The van der Waals surface area contributed by atoms with E-state index in [1.807, 2.05) is 53.1 Å². The number of hydrogen-bond donors (Lipinski definition) is 0. The molecular weight excluding hydrogens is 619 g/mol. The first-order valence-corrected chi connectivity index (χ1v) is 17.4. The lowest BCUT2D eigenvalue weighted by Gasteiger charge is -2.16. The van der Waals surface area contributed by atoms with Crippen molar-refractivity contribution < 1.29 is 0 Å². The van der Waals surface area contributed by atoms with Gasteiger partial charge in [-0.05, 0) is 107 Å². The minimum absolute atomic E-state index is 0.00668. The molecule has 1 heterocycles. The number of para-hydroxylation sites is 1. The summed E-state index contributed by atoms with van der Waals surface area (Å²) in [5, 5.41) is 10.2. The molecule has 0 aliphatic carbocycles. The molecule has 10 aromatic rings. The zero-order chi connectivity index (χ0) is 33.9. The molecule has 9 aromatic carbocycles. The van der Waals surface area contributed by atoms with Crippen molar-refractivity contribution in [3.8, 4) is 39.1 Å². The van der Waals surface area contributed by atoms with Gasteiger partial charge in [-0.3, -0.25) is 9.36 Å². The number of fused-ring (bicyclic) bond motifs is 7. The molecule has 0 N–H and O–H groups in total. The summed E-state index contributed by atoms with van der Waals surface area (Å²) in [6.45, 7) is 0. The zero-order valence-electron chi connectivity index (χ0n) is 27.8. The summed E-state index contributed by atoms with van der Waals surface area (Å²) in [6, 6.07) is 66.3. The van der Waals surface area contributed by atoms with E-state index in [0.29, 0.717) is 5.39 Å². The number of benzene rings is 9. The maximum Gasteiger partial charge on any atom is 0.263 e. The first kappa shape index (κ1) is 29.2. The van der Waals surface area contributed by atoms with Gasteiger partial charge >= 0.3 is 0 Å². The molecule has 2 nitrogen and oxygen atoms in total. The van der Waals surface area contributed by atoms with E-state index in [4.69, 9.17) is 0 Å². The first-order chi connectivity index (χ1) is 25.2. The molecule has 0 aliphatic heterocycles. The van der Waals surface area contributed by atoms with Crippen molar-refractivity contribution in [1.29, 1.82) is 0 Å². The lowest BCUT2D eigenvalue weighted by molar-refractivity contribution is 1.06. The molecule has 0 fully saturated rings. The van der Waals surface area contributed by atoms with Crippen LogP contribution in [0.25, 0.3) is 93.1 Å². The Morgan fingerprint density at radius 2 is 0.941 bits per heavy atom. The molecule has 10 rings (SSSR count). The molecule has 0 bridgehead atoms. The van der Waals surface area contributed by atoms with E-state index in [2.05, 4.69) is 140 Å². The summed E-state index contributed by atoms with van der Waals surface area (Å²) in [6.07, 6.45) is 0. The Labute approximate surface area is 295 Å². The van der Waals surface area contributed by atoms with Crippen LogP contribution in [0.1, 0.15) is 0 Å². The van der Waals surface area contributed by atoms with Gasteiger partial charge in [-0.25, -0.2) is 0 Å². The third-order valence-corrected chi connectivity index (χ3v) is 10.4. The van der Waals surface area contributed by atoms with Gasteiger partial charge in [0.25, 0.3) is 5.56 Å². The molecule has 0 atom stereocenters. The minimum Gasteiger partial charge on any atom is -0.276 e. The molecule has 0 unspecified atom stereocenters. The van der Waals surface area contributed by atoms with Gasteiger partial charge in [-0.1, -0.05) is 152 Å². The number of rotatable bonds is 4. The highest BCUT2D eigenvalue weighted by Crippen LogP contribution is 2.42. The predicted octanol–water partition coefficient (Wildman–Crippen LogP) is 12.6. The monoisotopic (exact) mass is 649 g/mol. The number of nitrogens with zero attached hydrogens (tertiary/aromatic N) is 1. The van der Waals surface area contributed by atoms with Crippen LogP contribution in [-0.2, 0) is 0 Å². The standard InChI is InChI=1S/C49H31NO/c51-49-44-19-10-9-18-41(44)46-30-35(26-29-47(46)50(49)37-15-5-2-6-16-37)32-22-24-34(25-23-32)48-39-17-8-7-14-36(39)31-45-40-21-11-20-38(33-12-3-1-4-13-33)42(40)27-28-43(45)48/h1-31H. The maximum absolute atomic E-state index is 13.8. The Balaban J connectivity index is 1.14. The predicted molar refractivity (Wildman–Crippen MR) is 216 cm³/mol. The van der Waals surface area contributed by atoms with Crippen LogP contribution in [0.15, 0.2) is 193 Å². The highest BCUT2D eigenvalue weighted by molar-refractivity contribution is 6.21. The topological polar surface area (TPSA) is 22.0 Å². The van der Waals surface area contributed by atoms with Gasteiger partial charge in [0, 0.05) is 16.5 Å². The molecule has 0 aliphatic rings. The Morgan fingerprint density at radius 1 is 0.333 bits per heavy atom. The highest BCUT2D eigenvalue weighted by atomic mass is 16.1. The van der Waals surface area contributed by atoms with Crippen LogP contribution >= 0.6 is 0 Å². The van der Waals surface area contributed by atoms with Gasteiger partial charge in [0.15, 0.2) is 0 Å². The van der Waals surface area contributed by atoms with Gasteiger partial charge < -0.3 is 0 Å². The summed E-state index contributed by atoms with van der Waals surface area (Å²) >= 11 is 0. The zero-order valence-corrected chi connectivity index (χ0v) is 27.8. The van der Waals surface area contributed by atoms with Gasteiger partial charge in [-0.15, -0.1) is 0 Å². The second-order valence-electron chi connectivity index (χ2n) is 13.2. The second kappa shape index (κ2) is 11.7. The fraction of sp³-hybridized carbons (Fsp3) is 0. The van der Waals surface area contributed by atoms with Gasteiger partial charge in [0.1, 0.15) is 0 Å². The Morgan fingerprint density at radius 3 is 1.75 bits per heavy atom. The van der Waals surface area contributed by atoms with Crippen molar-refractivity contribution in [3.63, 3.8) is 0 Å². The normalized spacial score (nSPS) is 11.6. The lowest BCUT2D eigenvalue weighted by Crippen LogP contribution is -2.19. The molecule has 0 amide bonds. The van der Waals surface area contributed by atoms with Crippen molar-refractivity contribution in [2.75, 3.05) is 0 Å². The lowest BCUT2D eigenvalue weighted by atomic mass is 9.88. The van der Waals surface area contributed by atoms with E-state index in [0.717, 1.165) is 33.1 Å². The van der Waals surface area contributed by atoms with Crippen molar-refractivity contribution in [2.45, 2.75) is 0 Å². The molecule has 238 valence electrons. The quantitative estimate of drug-likeness (QED) is 0.137. The summed E-state index contributed by atoms with van der Waals surface area (Å²) < 4.78 is 1.84. The van der Waals surface area contributed by atoms with Crippen LogP contribution < -0.4 is 5.56 Å². The van der Waals surface area contributed by atoms with E-state index in [9.17, 15) is 4.79 Å². The third-order valence-electron chi connectivity index (χ3n) is 10.4. The van der Waals surface area contributed by atoms with E-state index < -0.39 is 0 Å². The van der Waals surface area contributed by atoms with Crippen LogP contribution in [0, 0.1) is 0 Å². The van der Waals surface area contributed by atoms with E-state index >= 15 is 0 Å². The fourth-order valence-electron chi connectivity index (χ4n) is 8.01. The third kappa shape index (κ3) is 4.69. The highest BCUT2D eigenvalue weighted by Gasteiger charge is 2.16. The second-order valence-corrected chi connectivity index (χ2v) is 13.2. The average Bonchev–Trinajstić information content (AvgIpc) is 3.20. The number of hydrogen-bond acceptors (Lipinski definition) is 1. The SMILES string of the molecule is O=c1c2ccccc2c2cc(-c3ccc(-c4c5ccccc5cc5c4ccc4c(-c6ccccc6)cccc45)cc3)ccc2n1-c1ccccc1. The van der Waals surface area contributed by atoms with Crippen molar-refractivity contribution >= 4 is 54.0 Å². The van der Waals surface area contributed by atoms with Gasteiger partial charge in [-0.2, -0.15) is 0 Å². The van der Waals surface area contributed by atoms with Crippen LogP contribution in [0.4, 0.5) is 0 Å². The molecular formula is C49H31NO. The van der Waals surface area contributed by atoms with Crippen LogP contribution in [0.2, 0.25) is 0 Å². The molecule has 0 saturated heterocycles. The molecule has 0 saturated carbocycles. The van der Waals surface area contributed by atoms with Gasteiger partial charge in [0.05, 0.1) is 5.52 Å². The molecule has 0 radical (unpaired) electrons. The summed E-state index contributed by atoms with van der Waals surface area (Å²) in [4.78, 5) is 13.8. The number of aromatic nitrogens is 1. The summed E-state index contributed by atoms with van der Waals surface area (Å²) in [5.74, 6) is 0. The van der Waals surface area contributed by atoms with Crippen molar-refractivity contribution in [3.05, 3.63) is 198 Å². The Bertz CT molecular complexity index is 3010.